The maximum absolute atomic E-state index is 12.8. The van der Waals surface area contributed by atoms with E-state index in [4.69, 9.17) is 10.7 Å². The van der Waals surface area contributed by atoms with Gasteiger partial charge in [0.05, 0.1) is 28.1 Å². The number of rotatable bonds is 8. The Labute approximate surface area is 204 Å². The van der Waals surface area contributed by atoms with Crippen LogP contribution in [0.25, 0.3) is 0 Å². The lowest BCUT2D eigenvalue weighted by atomic mass is 9.99. The van der Waals surface area contributed by atoms with E-state index in [-0.39, 0.29) is 11.9 Å². The van der Waals surface area contributed by atoms with Crippen molar-refractivity contribution in [2.75, 3.05) is 11.5 Å². The summed E-state index contributed by atoms with van der Waals surface area (Å²) in [6, 6.07) is 17.7. The van der Waals surface area contributed by atoms with Crippen LogP contribution in [0.1, 0.15) is 59.6 Å². The number of benzene rings is 2. The molecule has 2 heterocycles. The van der Waals surface area contributed by atoms with Gasteiger partial charge in [0.25, 0.3) is 5.91 Å². The average molecular weight is 477 g/mol. The summed E-state index contributed by atoms with van der Waals surface area (Å²) in [5.41, 5.74) is 11.5. The van der Waals surface area contributed by atoms with Crippen LogP contribution in [0, 0.1) is 5.92 Å². The molecule has 0 saturated heterocycles. The summed E-state index contributed by atoms with van der Waals surface area (Å²) in [4.78, 5) is 20.8. The zero-order valence-electron chi connectivity index (χ0n) is 20.0. The van der Waals surface area contributed by atoms with Crippen molar-refractivity contribution >= 4 is 22.4 Å². The summed E-state index contributed by atoms with van der Waals surface area (Å²) in [5, 5.41) is 2.98. The second-order valence-corrected chi connectivity index (χ2v) is 10.8. The number of carbonyl (C=O) groups is 1. The molecule has 1 aliphatic rings. The van der Waals surface area contributed by atoms with Crippen LogP contribution in [0.15, 0.2) is 65.7 Å². The summed E-state index contributed by atoms with van der Waals surface area (Å²) in [7, 11) is -0.970. The lowest BCUT2D eigenvalue weighted by Crippen LogP contribution is -2.25. The van der Waals surface area contributed by atoms with Gasteiger partial charge < -0.3 is 11.1 Å². The first-order valence-corrected chi connectivity index (χ1v) is 13.0. The molecule has 1 aliphatic heterocycles. The van der Waals surface area contributed by atoms with Crippen molar-refractivity contribution in [2.45, 2.75) is 51.3 Å². The fraction of sp³-hybridized carbons (Fsp3) is 0.333. The van der Waals surface area contributed by atoms with Gasteiger partial charge in [-0.15, -0.1) is 0 Å². The second-order valence-electron chi connectivity index (χ2n) is 9.06. The highest BCUT2D eigenvalue weighted by Crippen LogP contribution is 2.38. The Hall–Kier alpha value is -3.03. The van der Waals surface area contributed by atoms with Crippen LogP contribution in [-0.2, 0) is 30.4 Å². The maximum atomic E-state index is 12.8. The van der Waals surface area contributed by atoms with Crippen LogP contribution in [0.4, 0.5) is 5.69 Å². The van der Waals surface area contributed by atoms with Gasteiger partial charge >= 0.3 is 0 Å². The molecule has 1 amide bonds. The maximum Gasteiger partial charge on any atom is 0.253 e. The molecular formula is C27H32N4O2S. The molecule has 6 nitrogen and oxygen atoms in total. The van der Waals surface area contributed by atoms with E-state index in [1.54, 1.807) is 6.20 Å². The van der Waals surface area contributed by atoms with E-state index in [0.29, 0.717) is 23.8 Å². The normalized spacial score (nSPS) is 16.4. The summed E-state index contributed by atoms with van der Waals surface area (Å²) < 4.78 is 11.9. The third kappa shape index (κ3) is 5.37. The van der Waals surface area contributed by atoms with Crippen molar-refractivity contribution in [3.05, 3.63) is 88.7 Å². The average Bonchev–Trinajstić information content (AvgIpc) is 3.21. The highest BCUT2D eigenvalue weighted by molar-refractivity contribution is 7.85. The van der Waals surface area contributed by atoms with Crippen molar-refractivity contribution in [3.63, 3.8) is 0 Å². The van der Waals surface area contributed by atoms with E-state index in [0.717, 1.165) is 40.5 Å². The van der Waals surface area contributed by atoms with E-state index >= 15 is 0 Å². The van der Waals surface area contributed by atoms with Gasteiger partial charge in [-0.3, -0.25) is 18.9 Å². The van der Waals surface area contributed by atoms with Crippen LogP contribution >= 0.6 is 0 Å². The van der Waals surface area contributed by atoms with Crippen LogP contribution in [0.3, 0.4) is 0 Å². The lowest BCUT2D eigenvalue weighted by Gasteiger charge is -2.27. The number of aromatic nitrogens is 1. The predicted octanol–water partition coefficient (Wildman–Crippen LogP) is 4.43. The van der Waals surface area contributed by atoms with Crippen LogP contribution < -0.4 is 11.1 Å². The molecule has 2 atom stereocenters. The van der Waals surface area contributed by atoms with Crippen molar-refractivity contribution in [2.24, 2.45) is 5.92 Å². The first kappa shape index (κ1) is 24.1. The Morgan fingerprint density at radius 2 is 1.82 bits per heavy atom. The van der Waals surface area contributed by atoms with Crippen LogP contribution in [0.5, 0.6) is 0 Å². The number of nitrogen functional groups attached to an aromatic ring is 1. The topological polar surface area (TPSA) is 88.3 Å². The molecule has 1 unspecified atom stereocenters. The van der Waals surface area contributed by atoms with Gasteiger partial charge in [0, 0.05) is 42.2 Å². The third-order valence-corrected chi connectivity index (χ3v) is 7.53. The van der Waals surface area contributed by atoms with Gasteiger partial charge in [-0.2, -0.15) is 0 Å². The van der Waals surface area contributed by atoms with E-state index in [2.05, 4.69) is 36.2 Å². The Morgan fingerprint density at radius 1 is 1.15 bits per heavy atom. The van der Waals surface area contributed by atoms with Gasteiger partial charge in [-0.1, -0.05) is 45.0 Å². The third-order valence-electron chi connectivity index (χ3n) is 6.21. The lowest BCUT2D eigenvalue weighted by molar-refractivity contribution is 0.0950. The zero-order chi connectivity index (χ0) is 24.2. The Kier molecular flexibility index (Phi) is 7.44. The van der Waals surface area contributed by atoms with Gasteiger partial charge in [0.1, 0.15) is 0 Å². The number of hydrogen-bond acceptors (Lipinski definition) is 5. The number of nitrogens with zero attached hydrogens (tertiary/aromatic N) is 2. The molecule has 3 N–H and O–H groups in total. The SMILES string of the molecule is CCS(=O)c1ccc(CNC(=O)c2cnc3c(c2)CN(Cc2ccc(N)cc2)[C@H]3C(C)C)cc1. The van der Waals surface area contributed by atoms with E-state index in [1.807, 2.05) is 49.4 Å². The molecule has 0 aliphatic carbocycles. The van der Waals surface area contributed by atoms with E-state index < -0.39 is 10.8 Å². The fourth-order valence-corrected chi connectivity index (χ4v) is 5.26. The minimum atomic E-state index is -0.970. The molecule has 4 rings (SSSR count). The number of fused-ring (bicyclic) bond motifs is 1. The molecule has 1 aromatic heterocycles. The van der Waals surface area contributed by atoms with Gasteiger partial charge in [0.2, 0.25) is 0 Å². The number of pyridine rings is 1. The van der Waals surface area contributed by atoms with Crippen LogP contribution in [0.2, 0.25) is 0 Å². The summed E-state index contributed by atoms with van der Waals surface area (Å²) >= 11 is 0. The Morgan fingerprint density at radius 3 is 2.47 bits per heavy atom. The van der Waals surface area contributed by atoms with Gasteiger partial charge in [0.15, 0.2) is 0 Å². The van der Waals surface area contributed by atoms with Crippen LogP contribution in [-0.4, -0.2) is 25.8 Å². The standard InChI is InChI=1S/C27H32N4O2S/c1-4-34(33)24-11-7-19(8-12-24)14-30-27(32)21-13-22-17-31(16-20-5-9-23(28)10-6-20)26(18(2)3)25(22)29-15-21/h5-13,15,18,26H,4,14,16-17,28H2,1-3H3,(H,30,32)/t26-,34?/m0/s1. The number of carbonyl (C=O) groups excluding carboxylic acids is 1. The summed E-state index contributed by atoms with van der Waals surface area (Å²) in [5.74, 6) is 0.845. The van der Waals surface area contributed by atoms with Crippen molar-refractivity contribution in [3.8, 4) is 0 Å². The van der Waals surface area contributed by atoms with Crippen molar-refractivity contribution in [1.29, 1.82) is 0 Å². The molecule has 0 fully saturated rings. The second kappa shape index (κ2) is 10.5. The molecule has 34 heavy (non-hydrogen) atoms. The highest BCUT2D eigenvalue weighted by Gasteiger charge is 2.34. The largest absolute Gasteiger partial charge is 0.399 e. The Bertz CT molecular complexity index is 1180. The molecule has 2 aromatic carbocycles. The predicted molar refractivity (Wildman–Crippen MR) is 136 cm³/mol. The highest BCUT2D eigenvalue weighted by atomic mass is 32.2. The number of anilines is 1. The minimum absolute atomic E-state index is 0.144. The summed E-state index contributed by atoms with van der Waals surface area (Å²) in [6.45, 7) is 8.29. The molecule has 178 valence electrons. The summed E-state index contributed by atoms with van der Waals surface area (Å²) in [6.07, 6.45) is 1.68. The van der Waals surface area contributed by atoms with Crippen molar-refractivity contribution in [1.82, 2.24) is 15.2 Å². The van der Waals surface area contributed by atoms with Gasteiger partial charge in [-0.05, 0) is 52.9 Å². The fourth-order valence-electron chi connectivity index (χ4n) is 4.49. The van der Waals surface area contributed by atoms with Gasteiger partial charge in [-0.25, -0.2) is 0 Å². The smallest absolute Gasteiger partial charge is 0.253 e. The molecule has 7 heteroatoms. The number of hydrogen-bond donors (Lipinski definition) is 2. The molecule has 0 saturated carbocycles. The van der Waals surface area contributed by atoms with E-state index in [1.165, 1.54) is 5.56 Å². The first-order chi connectivity index (χ1) is 16.4. The molecule has 0 spiro atoms. The minimum Gasteiger partial charge on any atom is -0.399 e. The molecule has 0 bridgehead atoms. The Balaban J connectivity index is 1.44. The monoisotopic (exact) mass is 476 g/mol. The zero-order valence-corrected chi connectivity index (χ0v) is 20.8. The number of amides is 1. The quantitative estimate of drug-likeness (QED) is 0.470. The molecular weight excluding hydrogens is 444 g/mol. The molecule has 0 radical (unpaired) electrons. The number of nitrogens with one attached hydrogen (secondary N) is 1. The molecule has 3 aromatic rings. The van der Waals surface area contributed by atoms with E-state index in [9.17, 15) is 9.00 Å². The van der Waals surface area contributed by atoms with Crippen molar-refractivity contribution < 1.29 is 9.00 Å². The first-order valence-electron chi connectivity index (χ1n) is 11.7. The number of nitrogens with two attached hydrogens (primary N) is 1.